The molecule has 1 heterocycles. The van der Waals surface area contributed by atoms with Crippen LogP contribution in [0.4, 0.5) is 14.5 Å². The van der Waals surface area contributed by atoms with Gasteiger partial charge in [-0.15, -0.1) is 5.10 Å². The van der Waals surface area contributed by atoms with Crippen molar-refractivity contribution in [3.8, 4) is 6.07 Å². The van der Waals surface area contributed by atoms with E-state index in [9.17, 15) is 8.78 Å². The van der Waals surface area contributed by atoms with Crippen molar-refractivity contribution < 1.29 is 8.78 Å². The molecule has 86 valence electrons. The maximum absolute atomic E-state index is 13.4. The molecule has 2 rings (SSSR count). The molecule has 0 spiro atoms. The van der Waals surface area contributed by atoms with Crippen LogP contribution in [-0.4, -0.2) is 17.1 Å². The molecular weight excluding hydrogens is 246 g/mol. The standard InChI is InChI=1S/C10H6F2N4S/c11-7-4-9(8(12)3-6(7)5-13)15-16-10-14-1-2-17-10/h1,3-4,15H,2H2. The van der Waals surface area contributed by atoms with E-state index in [-0.39, 0.29) is 11.3 Å². The second kappa shape index (κ2) is 4.93. The third-order valence-electron chi connectivity index (χ3n) is 1.94. The van der Waals surface area contributed by atoms with Gasteiger partial charge in [0.2, 0.25) is 5.17 Å². The molecule has 0 fully saturated rings. The maximum atomic E-state index is 13.4. The quantitative estimate of drug-likeness (QED) is 0.822. The molecule has 0 radical (unpaired) electrons. The number of amidine groups is 1. The van der Waals surface area contributed by atoms with Crippen molar-refractivity contribution in [3.63, 3.8) is 0 Å². The average Bonchev–Trinajstić information content (AvgIpc) is 2.82. The minimum absolute atomic E-state index is 0.128. The van der Waals surface area contributed by atoms with Gasteiger partial charge in [0.25, 0.3) is 0 Å². The van der Waals surface area contributed by atoms with Gasteiger partial charge in [0.1, 0.15) is 17.7 Å². The van der Waals surface area contributed by atoms with Crippen molar-refractivity contribution in [1.82, 2.24) is 0 Å². The molecule has 0 saturated heterocycles. The SMILES string of the molecule is N#Cc1cc(F)c(NN=C2N=CCS2)cc1F. The summed E-state index contributed by atoms with van der Waals surface area (Å²) in [5, 5.41) is 12.8. The first-order valence-corrected chi connectivity index (χ1v) is 5.57. The summed E-state index contributed by atoms with van der Waals surface area (Å²) in [4.78, 5) is 3.89. The Bertz CT molecular complexity index is 548. The van der Waals surface area contributed by atoms with Crippen molar-refractivity contribution in [2.24, 2.45) is 10.1 Å². The largest absolute Gasteiger partial charge is 0.273 e. The summed E-state index contributed by atoms with van der Waals surface area (Å²) in [6.07, 6.45) is 1.67. The second-order valence-corrected chi connectivity index (χ2v) is 4.04. The molecule has 1 aliphatic rings. The molecular formula is C10H6F2N4S. The number of rotatable bonds is 2. The number of aliphatic imine (C=N–C) groups is 1. The predicted octanol–water partition coefficient (Wildman–Crippen LogP) is 2.34. The van der Waals surface area contributed by atoms with E-state index in [1.54, 1.807) is 12.3 Å². The molecule has 0 aromatic heterocycles. The van der Waals surface area contributed by atoms with Gasteiger partial charge in [-0.05, 0) is 6.07 Å². The Morgan fingerprint density at radius 3 is 2.88 bits per heavy atom. The zero-order chi connectivity index (χ0) is 12.3. The van der Waals surface area contributed by atoms with Gasteiger partial charge >= 0.3 is 0 Å². The van der Waals surface area contributed by atoms with Crippen LogP contribution < -0.4 is 5.43 Å². The van der Waals surface area contributed by atoms with Gasteiger partial charge in [-0.3, -0.25) is 5.43 Å². The Balaban J connectivity index is 2.22. The Labute approximate surface area is 100 Å². The van der Waals surface area contributed by atoms with Gasteiger partial charge in [-0.2, -0.15) is 5.26 Å². The third kappa shape index (κ3) is 2.60. The summed E-state index contributed by atoms with van der Waals surface area (Å²) in [6, 6.07) is 3.27. The summed E-state index contributed by atoms with van der Waals surface area (Å²) in [7, 11) is 0. The number of nitriles is 1. The zero-order valence-corrected chi connectivity index (χ0v) is 9.26. The Morgan fingerprint density at radius 2 is 2.24 bits per heavy atom. The first kappa shape index (κ1) is 11.5. The molecule has 7 heteroatoms. The molecule has 0 amide bonds. The van der Waals surface area contributed by atoms with Gasteiger partial charge in [0, 0.05) is 18.0 Å². The molecule has 0 bridgehead atoms. The van der Waals surface area contributed by atoms with E-state index in [1.807, 2.05) is 0 Å². The Hall–Kier alpha value is -1.94. The summed E-state index contributed by atoms with van der Waals surface area (Å²) < 4.78 is 26.6. The number of nitrogens with one attached hydrogen (secondary N) is 1. The fourth-order valence-electron chi connectivity index (χ4n) is 1.15. The van der Waals surface area contributed by atoms with E-state index in [0.29, 0.717) is 10.9 Å². The van der Waals surface area contributed by atoms with Crippen LogP contribution >= 0.6 is 11.8 Å². The first-order chi connectivity index (χ1) is 8.20. The number of benzene rings is 1. The van der Waals surface area contributed by atoms with E-state index >= 15 is 0 Å². The summed E-state index contributed by atoms with van der Waals surface area (Å²) in [6.45, 7) is 0. The Morgan fingerprint density at radius 1 is 1.41 bits per heavy atom. The number of hydrogen-bond donors (Lipinski definition) is 1. The van der Waals surface area contributed by atoms with Crippen LogP contribution in [0.3, 0.4) is 0 Å². The van der Waals surface area contributed by atoms with Crippen molar-refractivity contribution >= 4 is 28.8 Å². The van der Waals surface area contributed by atoms with E-state index < -0.39 is 11.6 Å². The molecule has 1 N–H and O–H groups in total. The minimum Gasteiger partial charge on any atom is -0.273 e. The minimum atomic E-state index is -0.792. The highest BCUT2D eigenvalue weighted by Crippen LogP contribution is 2.19. The highest BCUT2D eigenvalue weighted by atomic mass is 32.2. The maximum Gasteiger partial charge on any atom is 0.206 e. The fraction of sp³-hybridized carbons (Fsp3) is 0.100. The fourth-order valence-corrected chi connectivity index (χ4v) is 1.71. The molecule has 0 saturated carbocycles. The Kier molecular flexibility index (Phi) is 3.35. The molecule has 0 aliphatic carbocycles. The highest BCUT2D eigenvalue weighted by molar-refractivity contribution is 8.14. The van der Waals surface area contributed by atoms with Gasteiger partial charge in [-0.25, -0.2) is 13.8 Å². The van der Waals surface area contributed by atoms with Crippen molar-refractivity contribution in [1.29, 1.82) is 5.26 Å². The molecule has 0 unspecified atom stereocenters. The van der Waals surface area contributed by atoms with Crippen molar-refractivity contribution in [2.75, 3.05) is 11.2 Å². The van der Waals surface area contributed by atoms with E-state index in [1.165, 1.54) is 11.8 Å². The van der Waals surface area contributed by atoms with Crippen LogP contribution in [0.5, 0.6) is 0 Å². The lowest BCUT2D eigenvalue weighted by atomic mass is 10.2. The normalized spacial score (nSPS) is 16.2. The molecule has 1 aromatic rings. The van der Waals surface area contributed by atoms with Crippen LogP contribution in [0, 0.1) is 23.0 Å². The van der Waals surface area contributed by atoms with Crippen LogP contribution in [0.25, 0.3) is 0 Å². The number of hydrogen-bond acceptors (Lipinski definition) is 4. The summed E-state index contributed by atoms with van der Waals surface area (Å²) in [5.74, 6) is -0.816. The van der Waals surface area contributed by atoms with E-state index in [0.717, 1.165) is 12.1 Å². The lowest BCUT2D eigenvalue weighted by molar-refractivity contribution is 0.599. The van der Waals surface area contributed by atoms with Crippen LogP contribution in [0.15, 0.2) is 22.2 Å². The van der Waals surface area contributed by atoms with Crippen LogP contribution in [-0.2, 0) is 0 Å². The van der Waals surface area contributed by atoms with Gasteiger partial charge in [-0.1, -0.05) is 11.8 Å². The predicted molar refractivity (Wildman–Crippen MR) is 63.1 cm³/mol. The van der Waals surface area contributed by atoms with Gasteiger partial charge in [0.05, 0.1) is 11.3 Å². The first-order valence-electron chi connectivity index (χ1n) is 4.59. The van der Waals surface area contributed by atoms with Gasteiger partial charge < -0.3 is 0 Å². The monoisotopic (exact) mass is 252 g/mol. The lowest BCUT2D eigenvalue weighted by Gasteiger charge is -2.03. The van der Waals surface area contributed by atoms with E-state index in [4.69, 9.17) is 5.26 Å². The average molecular weight is 252 g/mol. The zero-order valence-electron chi connectivity index (χ0n) is 8.44. The second-order valence-electron chi connectivity index (χ2n) is 3.05. The number of anilines is 1. The summed E-state index contributed by atoms with van der Waals surface area (Å²) >= 11 is 1.38. The number of halogens is 2. The van der Waals surface area contributed by atoms with Crippen LogP contribution in [0.2, 0.25) is 0 Å². The molecule has 0 atom stereocenters. The van der Waals surface area contributed by atoms with Crippen molar-refractivity contribution in [3.05, 3.63) is 29.3 Å². The number of thioether (sulfide) groups is 1. The van der Waals surface area contributed by atoms with Crippen LogP contribution in [0.1, 0.15) is 5.56 Å². The topological polar surface area (TPSA) is 60.5 Å². The third-order valence-corrected chi connectivity index (χ3v) is 2.71. The number of hydrazone groups is 1. The smallest absolute Gasteiger partial charge is 0.206 e. The molecule has 17 heavy (non-hydrogen) atoms. The van der Waals surface area contributed by atoms with E-state index in [2.05, 4.69) is 15.5 Å². The molecule has 1 aromatic carbocycles. The highest BCUT2D eigenvalue weighted by Gasteiger charge is 2.10. The van der Waals surface area contributed by atoms with Gasteiger partial charge in [0.15, 0.2) is 0 Å². The van der Waals surface area contributed by atoms with Crippen molar-refractivity contribution in [2.45, 2.75) is 0 Å². The summed E-state index contributed by atoms with van der Waals surface area (Å²) in [5.41, 5.74) is 1.91. The molecule has 4 nitrogen and oxygen atoms in total. The lowest BCUT2D eigenvalue weighted by Crippen LogP contribution is -1.98. The molecule has 1 aliphatic heterocycles. The number of nitrogens with zero attached hydrogens (tertiary/aromatic N) is 3.